The highest BCUT2D eigenvalue weighted by Crippen LogP contribution is 2.73. The van der Waals surface area contributed by atoms with E-state index in [-0.39, 0.29) is 17.3 Å². The van der Waals surface area contributed by atoms with Crippen molar-refractivity contribution in [3.63, 3.8) is 0 Å². The van der Waals surface area contributed by atoms with Crippen molar-refractivity contribution in [1.29, 1.82) is 0 Å². The summed E-state index contributed by atoms with van der Waals surface area (Å²) in [4.78, 5) is 14.2. The third-order valence-corrected chi connectivity index (χ3v) is 17.1. The van der Waals surface area contributed by atoms with E-state index in [2.05, 4.69) is 13.5 Å². The van der Waals surface area contributed by atoms with Gasteiger partial charge < -0.3 is 109 Å². The van der Waals surface area contributed by atoms with Crippen LogP contribution in [0.15, 0.2) is 12.2 Å². The van der Waals surface area contributed by atoms with Crippen LogP contribution in [0.2, 0.25) is 0 Å². The zero-order chi connectivity index (χ0) is 48.7. The molecule has 8 fully saturated rings. The van der Waals surface area contributed by atoms with Crippen molar-refractivity contribution in [2.45, 2.75) is 200 Å². The van der Waals surface area contributed by atoms with Crippen LogP contribution in [0.1, 0.15) is 71.6 Å². The SMILES string of the molecule is C=C1C[C@]23CC[C@H]4C(C)(C(=O)O[C@@H]5O[C@H](CO)[C@@H](O)[C@H](O)[C@H]5O)CCC[C@]4(C)[C@H]2CC[C@]1(O[C@@H]1O[C@H](CO)[C@@H](O)[C@H](O)[C@H]1O[C@@H]1O[C@H](CO[C@@H]2O[C@H](CO)[C@@H](O)[C@H](O)[C@H]2O)[C@@H](O)[C@H](O)[C@H]1O)C3. The molecule has 4 saturated carbocycles. The summed E-state index contributed by atoms with van der Waals surface area (Å²) >= 11 is 0. The summed E-state index contributed by atoms with van der Waals surface area (Å²) in [7, 11) is 0. The van der Waals surface area contributed by atoms with Crippen LogP contribution in [0.25, 0.3) is 0 Å². The van der Waals surface area contributed by atoms with Crippen LogP contribution in [-0.4, -0.2) is 232 Å². The molecule has 67 heavy (non-hydrogen) atoms. The molecule has 4 aliphatic carbocycles. The molecule has 4 heterocycles. The van der Waals surface area contributed by atoms with Crippen LogP contribution < -0.4 is 0 Å². The number of hydrogen-bond acceptors (Lipinski definition) is 23. The van der Waals surface area contributed by atoms with E-state index in [1.54, 1.807) is 0 Å². The normalized spacial score (nSPS) is 54.5. The fourth-order valence-electron chi connectivity index (χ4n) is 13.4. The summed E-state index contributed by atoms with van der Waals surface area (Å²) < 4.78 is 47.1. The molecule has 2 bridgehead atoms. The maximum absolute atomic E-state index is 14.2. The lowest BCUT2D eigenvalue weighted by atomic mass is 9.41. The zero-order valence-electron chi connectivity index (χ0n) is 37.5. The number of fused-ring (bicyclic) bond motifs is 3. The lowest BCUT2D eigenvalue weighted by Gasteiger charge is -2.64. The van der Waals surface area contributed by atoms with Crippen LogP contribution in [-0.2, 0) is 42.7 Å². The number of rotatable bonds is 12. The number of esters is 1. The van der Waals surface area contributed by atoms with E-state index in [4.69, 9.17) is 37.9 Å². The molecule has 0 aromatic heterocycles. The van der Waals surface area contributed by atoms with Crippen molar-refractivity contribution >= 4 is 5.97 Å². The summed E-state index contributed by atoms with van der Waals surface area (Å²) in [6.45, 7) is 5.72. The summed E-state index contributed by atoms with van der Waals surface area (Å²) in [5.74, 6) is -0.728. The number of aliphatic hydroxyl groups is 14. The van der Waals surface area contributed by atoms with Gasteiger partial charge in [0.05, 0.1) is 37.4 Å². The van der Waals surface area contributed by atoms with Crippen molar-refractivity contribution in [3.05, 3.63) is 12.2 Å². The van der Waals surface area contributed by atoms with E-state index in [1.807, 2.05) is 6.92 Å². The van der Waals surface area contributed by atoms with Gasteiger partial charge in [-0.3, -0.25) is 4.79 Å². The molecule has 0 aromatic carbocycles. The Labute approximate surface area is 386 Å². The first-order valence-corrected chi connectivity index (χ1v) is 23.4. The maximum atomic E-state index is 14.2. The minimum absolute atomic E-state index is 0.0622. The van der Waals surface area contributed by atoms with Crippen LogP contribution in [0.5, 0.6) is 0 Å². The Kier molecular flexibility index (Phi) is 15.0. The number of carbonyl (C=O) groups excluding carboxylic acids is 1. The highest BCUT2D eigenvalue weighted by Gasteiger charge is 2.69. The molecule has 8 rings (SSSR count). The fraction of sp³-hybridized carbons (Fsp3) is 0.932. The highest BCUT2D eigenvalue weighted by molar-refractivity contribution is 5.77. The Morgan fingerprint density at radius 2 is 1.10 bits per heavy atom. The molecule has 8 aliphatic rings. The Morgan fingerprint density at radius 3 is 1.72 bits per heavy atom. The van der Waals surface area contributed by atoms with Crippen LogP contribution in [0, 0.1) is 28.1 Å². The molecule has 0 amide bonds. The highest BCUT2D eigenvalue weighted by atomic mass is 16.8. The quantitative estimate of drug-likeness (QED) is 0.0494. The van der Waals surface area contributed by atoms with E-state index in [0.29, 0.717) is 51.4 Å². The third-order valence-electron chi connectivity index (χ3n) is 17.1. The van der Waals surface area contributed by atoms with Gasteiger partial charge in [-0.1, -0.05) is 19.9 Å². The van der Waals surface area contributed by atoms with E-state index < -0.39 is 172 Å². The lowest BCUT2D eigenvalue weighted by Crippen LogP contribution is -2.66. The second-order valence-corrected chi connectivity index (χ2v) is 20.8. The Hall–Kier alpha value is -1.63. The average Bonchev–Trinajstić information content (AvgIpc) is 3.50. The first-order valence-electron chi connectivity index (χ1n) is 23.4. The van der Waals surface area contributed by atoms with Gasteiger partial charge in [-0.2, -0.15) is 0 Å². The predicted molar refractivity (Wildman–Crippen MR) is 219 cm³/mol. The lowest BCUT2D eigenvalue weighted by molar-refractivity contribution is -0.381. The zero-order valence-corrected chi connectivity index (χ0v) is 37.5. The first-order chi connectivity index (χ1) is 31.6. The fourth-order valence-corrected chi connectivity index (χ4v) is 13.4. The van der Waals surface area contributed by atoms with Crippen LogP contribution >= 0.6 is 0 Å². The second-order valence-electron chi connectivity index (χ2n) is 20.8. The van der Waals surface area contributed by atoms with Crippen molar-refractivity contribution in [2.75, 3.05) is 26.4 Å². The molecule has 4 aliphatic heterocycles. The number of hydrogen-bond donors (Lipinski definition) is 14. The second kappa shape index (κ2) is 19.4. The van der Waals surface area contributed by atoms with E-state index in [9.17, 15) is 76.3 Å². The standard InChI is InChI=1S/C44H70O23/c1-17-11-43-9-5-22-41(2,7-4-8-42(22,3)40(59)66-38-34(58)29(53)25(49)19(13-46)62-38)23(43)6-10-44(17,16-43)67-39-35(31(55)26(50)20(14-47)63-39)65-37-33(57)30(54)27(51)21(64-37)15-60-36-32(56)28(52)24(48)18(12-45)61-36/h18-39,45-58H,1,4-16H2,2-3H3/t18-,19-,20-,21-,22-,23-,24-,25-,26-,27-,28+,29+,30+,31+,32-,33-,34-,35-,36-,37+,38+,39+,41+,42?,43+,44+/m1/s1. The van der Waals surface area contributed by atoms with Crippen molar-refractivity contribution < 1.29 is 114 Å². The summed E-state index contributed by atoms with van der Waals surface area (Å²) in [6, 6.07) is 0. The molecule has 0 aromatic rings. The van der Waals surface area contributed by atoms with Gasteiger partial charge in [0.2, 0.25) is 6.29 Å². The van der Waals surface area contributed by atoms with Crippen LogP contribution in [0.4, 0.5) is 0 Å². The first kappa shape index (κ1) is 51.7. The van der Waals surface area contributed by atoms with Gasteiger partial charge >= 0.3 is 5.97 Å². The molecule has 1 unspecified atom stereocenters. The molecule has 384 valence electrons. The van der Waals surface area contributed by atoms with Crippen LogP contribution in [0.3, 0.4) is 0 Å². The number of carbonyl (C=O) groups is 1. The number of ether oxygens (including phenoxy) is 8. The predicted octanol–water partition coefficient (Wildman–Crippen LogP) is -5.11. The summed E-state index contributed by atoms with van der Waals surface area (Å²) in [5, 5.41) is 147. The molecular weight excluding hydrogens is 896 g/mol. The molecular formula is C44H70O23. The van der Waals surface area contributed by atoms with Crippen molar-refractivity contribution in [3.8, 4) is 0 Å². The third kappa shape index (κ3) is 8.73. The van der Waals surface area contributed by atoms with Gasteiger partial charge in [-0.15, -0.1) is 0 Å². The minimum atomic E-state index is -1.95. The Morgan fingerprint density at radius 1 is 0.597 bits per heavy atom. The molecule has 4 saturated heterocycles. The van der Waals surface area contributed by atoms with Gasteiger partial charge in [0, 0.05) is 0 Å². The number of aliphatic hydroxyl groups excluding tert-OH is 14. The maximum Gasteiger partial charge on any atom is 0.314 e. The Bertz CT molecular complexity index is 1760. The smallest absolute Gasteiger partial charge is 0.314 e. The van der Waals surface area contributed by atoms with Gasteiger partial charge in [0.1, 0.15) is 97.7 Å². The summed E-state index contributed by atoms with van der Waals surface area (Å²) in [5.41, 5.74) is -2.12. The average molecular weight is 967 g/mol. The minimum Gasteiger partial charge on any atom is -0.432 e. The molecule has 23 heteroatoms. The monoisotopic (exact) mass is 966 g/mol. The van der Waals surface area contributed by atoms with Gasteiger partial charge in [0.15, 0.2) is 18.9 Å². The van der Waals surface area contributed by atoms with Gasteiger partial charge in [-0.25, -0.2) is 0 Å². The molecule has 23 nitrogen and oxygen atoms in total. The van der Waals surface area contributed by atoms with E-state index in [1.165, 1.54) is 0 Å². The molecule has 1 spiro atoms. The van der Waals surface area contributed by atoms with E-state index in [0.717, 1.165) is 12.0 Å². The largest absolute Gasteiger partial charge is 0.432 e. The Balaban J connectivity index is 0.979. The molecule has 14 N–H and O–H groups in total. The van der Waals surface area contributed by atoms with Crippen molar-refractivity contribution in [1.82, 2.24) is 0 Å². The topological polar surface area (TPSA) is 374 Å². The molecule has 0 radical (unpaired) electrons. The summed E-state index contributed by atoms with van der Waals surface area (Å²) in [6.07, 6.45) is -28.0. The molecule has 26 atom stereocenters. The van der Waals surface area contributed by atoms with Crippen molar-refractivity contribution in [2.24, 2.45) is 28.1 Å². The van der Waals surface area contributed by atoms with E-state index >= 15 is 0 Å². The van der Waals surface area contributed by atoms with Gasteiger partial charge in [0.25, 0.3) is 0 Å². The van der Waals surface area contributed by atoms with Gasteiger partial charge in [-0.05, 0) is 86.5 Å².